The van der Waals surface area contributed by atoms with Crippen molar-refractivity contribution in [1.82, 2.24) is 0 Å². The van der Waals surface area contributed by atoms with Crippen molar-refractivity contribution in [2.75, 3.05) is 11.4 Å². The Bertz CT molecular complexity index is 333. The first kappa shape index (κ1) is 15.8. The van der Waals surface area contributed by atoms with E-state index in [1.54, 1.807) is 0 Å². The molecular formula is C7H7BF4KNS. The van der Waals surface area contributed by atoms with Gasteiger partial charge in [0.1, 0.15) is 5.82 Å². The number of hydrogen-bond donors (Lipinski definition) is 1. The van der Waals surface area contributed by atoms with Crippen molar-refractivity contribution < 1.29 is 68.7 Å². The van der Waals surface area contributed by atoms with Crippen LogP contribution in [0.1, 0.15) is 0 Å². The van der Waals surface area contributed by atoms with Gasteiger partial charge in [-0.3, -0.25) is 0 Å². The molecule has 8 heteroatoms. The van der Waals surface area contributed by atoms with E-state index in [-0.39, 0.29) is 62.0 Å². The Kier molecular flexibility index (Phi) is 6.85. The van der Waals surface area contributed by atoms with Gasteiger partial charge in [-0.2, -0.15) is 11.8 Å². The normalized spacial score (nSPS) is 10.9. The van der Waals surface area contributed by atoms with Crippen LogP contribution < -0.4 is 57.1 Å². The molecule has 0 bridgehead atoms. The molecule has 0 aromatic heterocycles. The summed E-state index contributed by atoms with van der Waals surface area (Å²) in [7, 11) is 0. The molecule has 0 fully saturated rings. The minimum atomic E-state index is -4.84. The Morgan fingerprint density at radius 3 is 2.33 bits per heavy atom. The van der Waals surface area contributed by atoms with Gasteiger partial charge < -0.3 is 18.7 Å². The van der Waals surface area contributed by atoms with Crippen molar-refractivity contribution in [1.29, 1.82) is 0 Å². The minimum Gasteiger partial charge on any atom is -0.448 e. The first-order chi connectivity index (χ1) is 6.38. The van der Waals surface area contributed by atoms with Gasteiger partial charge in [-0.1, -0.05) is 0 Å². The van der Waals surface area contributed by atoms with Crippen molar-refractivity contribution in [3.63, 3.8) is 0 Å². The molecule has 0 aliphatic rings. The van der Waals surface area contributed by atoms with Gasteiger partial charge in [0, 0.05) is 10.6 Å². The monoisotopic (exact) mass is 263 g/mol. The zero-order valence-electron chi connectivity index (χ0n) is 8.01. The minimum absolute atomic E-state index is 0. The molecule has 0 radical (unpaired) electrons. The van der Waals surface area contributed by atoms with Gasteiger partial charge in [-0.25, -0.2) is 4.39 Å². The maximum Gasteiger partial charge on any atom is 1.00 e. The third-order valence-electron chi connectivity index (χ3n) is 1.40. The summed E-state index contributed by atoms with van der Waals surface area (Å²) in [6, 6.07) is 3.34. The molecule has 1 aromatic carbocycles. The summed E-state index contributed by atoms with van der Waals surface area (Å²) in [6.45, 7) is -4.84. The van der Waals surface area contributed by atoms with Gasteiger partial charge in [0.15, 0.2) is 0 Å². The van der Waals surface area contributed by atoms with Gasteiger partial charge >= 0.3 is 58.4 Å². The summed E-state index contributed by atoms with van der Waals surface area (Å²) in [5, 5.41) is 0. The van der Waals surface area contributed by atoms with Crippen LogP contribution in [0.25, 0.3) is 0 Å². The van der Waals surface area contributed by atoms with Crippen LogP contribution in [-0.2, 0) is 0 Å². The first-order valence-corrected chi connectivity index (χ1v) is 4.76. The van der Waals surface area contributed by atoms with E-state index in [9.17, 15) is 17.3 Å². The van der Waals surface area contributed by atoms with Crippen LogP contribution in [0.2, 0.25) is 0 Å². The third kappa shape index (κ3) is 6.18. The fourth-order valence-electron chi connectivity index (χ4n) is 0.835. The fraction of sp³-hybridized carbons (Fsp3) is 0.143. The number of nitrogens with two attached hydrogens (primary N) is 1. The summed E-state index contributed by atoms with van der Waals surface area (Å²) >= 11 is 0.574. The molecule has 0 saturated heterocycles. The van der Waals surface area contributed by atoms with E-state index in [1.807, 2.05) is 0 Å². The van der Waals surface area contributed by atoms with Gasteiger partial charge in [0.2, 0.25) is 0 Å². The van der Waals surface area contributed by atoms with Crippen molar-refractivity contribution >= 4 is 24.4 Å². The maximum absolute atomic E-state index is 12.5. The molecule has 2 N–H and O–H groups in total. The quantitative estimate of drug-likeness (QED) is 0.356. The Hall–Kier alpha value is 0.791. The van der Waals surface area contributed by atoms with Gasteiger partial charge in [0.25, 0.3) is 0 Å². The predicted molar refractivity (Wildman–Crippen MR) is 50.6 cm³/mol. The van der Waals surface area contributed by atoms with E-state index in [2.05, 4.69) is 0 Å². The molecule has 0 unspecified atom stereocenters. The molecule has 1 aromatic rings. The molecule has 1 rings (SSSR count). The maximum atomic E-state index is 12.5. The molecule has 0 aliphatic heterocycles. The molecule has 0 atom stereocenters. The molecule has 0 heterocycles. The second kappa shape index (κ2) is 6.51. The van der Waals surface area contributed by atoms with Crippen molar-refractivity contribution in [3.8, 4) is 0 Å². The molecular weight excluding hydrogens is 256 g/mol. The zero-order chi connectivity index (χ0) is 10.8. The van der Waals surface area contributed by atoms with E-state index < -0.39 is 18.4 Å². The van der Waals surface area contributed by atoms with Crippen molar-refractivity contribution in [3.05, 3.63) is 24.0 Å². The fourth-order valence-corrected chi connectivity index (χ4v) is 1.59. The van der Waals surface area contributed by atoms with E-state index in [0.29, 0.717) is 11.8 Å². The summed E-state index contributed by atoms with van der Waals surface area (Å²) in [5.41, 5.74) is 4.40. The first-order valence-electron chi connectivity index (χ1n) is 3.77. The van der Waals surface area contributed by atoms with Gasteiger partial charge in [-0.05, 0) is 23.9 Å². The van der Waals surface area contributed by atoms with E-state index >= 15 is 0 Å². The standard InChI is InChI=1S/C7H7BF4NS.K/c9-5-1-2-7(6(13)3-5)14-4-8(10,11)12;/h1-3H,4,13H2;/q-1;+1. The second-order valence-corrected chi connectivity index (χ2v) is 3.77. The van der Waals surface area contributed by atoms with Crippen LogP contribution in [0.15, 0.2) is 23.1 Å². The molecule has 0 amide bonds. The molecule has 15 heavy (non-hydrogen) atoms. The van der Waals surface area contributed by atoms with Gasteiger partial charge in [0.05, 0.1) is 0 Å². The van der Waals surface area contributed by atoms with Gasteiger partial charge in [-0.15, -0.1) is 0 Å². The number of thioether (sulfide) groups is 1. The Labute approximate surface area is 132 Å². The zero-order valence-corrected chi connectivity index (χ0v) is 12.0. The largest absolute Gasteiger partial charge is 1.00 e. The van der Waals surface area contributed by atoms with E-state index in [4.69, 9.17) is 5.73 Å². The Morgan fingerprint density at radius 1 is 1.27 bits per heavy atom. The number of benzene rings is 1. The van der Waals surface area contributed by atoms with Crippen LogP contribution in [0.5, 0.6) is 0 Å². The summed E-state index contributed by atoms with van der Waals surface area (Å²) in [4.78, 5) is 0.255. The predicted octanol–water partition coefficient (Wildman–Crippen LogP) is -0.109. The molecule has 0 aliphatic carbocycles. The van der Waals surface area contributed by atoms with Crippen LogP contribution >= 0.6 is 11.8 Å². The second-order valence-electron chi connectivity index (χ2n) is 2.70. The third-order valence-corrected chi connectivity index (χ3v) is 2.63. The number of nitrogen functional groups attached to an aromatic ring is 1. The van der Waals surface area contributed by atoms with Crippen molar-refractivity contribution in [2.45, 2.75) is 4.90 Å². The van der Waals surface area contributed by atoms with Crippen LogP contribution in [0, 0.1) is 5.82 Å². The molecule has 1 nitrogen and oxygen atoms in total. The smallest absolute Gasteiger partial charge is 0.448 e. The summed E-state index contributed by atoms with van der Waals surface area (Å²) in [6.07, 6.45) is 0. The van der Waals surface area contributed by atoms with E-state index in [0.717, 1.165) is 12.1 Å². The molecule has 0 spiro atoms. The van der Waals surface area contributed by atoms with Crippen LogP contribution in [-0.4, -0.2) is 12.6 Å². The Balaban J connectivity index is 0.00000196. The van der Waals surface area contributed by atoms with E-state index in [1.165, 1.54) is 6.07 Å². The number of halogens is 4. The molecule has 0 saturated carbocycles. The number of rotatable bonds is 3. The SMILES string of the molecule is Nc1cc(F)ccc1SC[B-](F)(F)F.[K+]. The summed E-state index contributed by atoms with van der Waals surface area (Å²) < 4.78 is 48.2. The summed E-state index contributed by atoms with van der Waals surface area (Å²) in [5.74, 6) is -0.552. The van der Waals surface area contributed by atoms with Crippen LogP contribution in [0.4, 0.5) is 23.0 Å². The van der Waals surface area contributed by atoms with Crippen LogP contribution in [0.3, 0.4) is 0 Å². The Morgan fingerprint density at radius 2 is 1.87 bits per heavy atom. The average molecular weight is 263 g/mol. The average Bonchev–Trinajstić information content (AvgIpc) is 2.00. The molecule has 78 valence electrons. The van der Waals surface area contributed by atoms with Crippen molar-refractivity contribution in [2.24, 2.45) is 0 Å². The number of anilines is 1. The topological polar surface area (TPSA) is 26.0 Å². The number of hydrogen-bond acceptors (Lipinski definition) is 2.